The average molecular weight is 420 g/mol. The first-order chi connectivity index (χ1) is 14.8. The van der Waals surface area contributed by atoms with E-state index in [1.54, 1.807) is 4.90 Å². The van der Waals surface area contributed by atoms with Gasteiger partial charge in [-0.2, -0.15) is 5.26 Å². The standard InChI is InChI=1S/C25H29N3O3/c1-25(2,3)31-24(29)28-12-9-19(10-13-28)22-15-20-14-21(27-16-23(20)30-22)18-6-4-17(5-7-18)8-11-26/h4-7,14,16,19,22H,8-10,12-13,15H2,1-3H3. The van der Waals surface area contributed by atoms with E-state index >= 15 is 0 Å². The first-order valence-corrected chi connectivity index (χ1v) is 10.9. The maximum atomic E-state index is 12.3. The molecule has 2 aromatic rings. The number of piperidine rings is 1. The number of benzene rings is 1. The van der Waals surface area contributed by atoms with Crippen molar-refractivity contribution in [3.05, 3.63) is 47.7 Å². The number of rotatable bonds is 3. The second-order valence-electron chi connectivity index (χ2n) is 9.37. The fourth-order valence-electron chi connectivity index (χ4n) is 4.26. The minimum atomic E-state index is -0.467. The van der Waals surface area contributed by atoms with Crippen LogP contribution in [-0.4, -0.2) is 40.8 Å². The molecule has 1 atom stereocenters. The van der Waals surface area contributed by atoms with Gasteiger partial charge in [-0.15, -0.1) is 0 Å². The Morgan fingerprint density at radius 2 is 1.97 bits per heavy atom. The summed E-state index contributed by atoms with van der Waals surface area (Å²) >= 11 is 0. The van der Waals surface area contributed by atoms with E-state index in [1.807, 2.05) is 51.2 Å². The zero-order valence-corrected chi connectivity index (χ0v) is 18.4. The summed E-state index contributed by atoms with van der Waals surface area (Å²) < 4.78 is 11.7. The number of hydrogen-bond donors (Lipinski definition) is 0. The molecule has 0 aliphatic carbocycles. The Hall–Kier alpha value is -3.07. The molecule has 6 nitrogen and oxygen atoms in total. The Kier molecular flexibility index (Phi) is 5.86. The second-order valence-corrected chi connectivity index (χ2v) is 9.37. The lowest BCUT2D eigenvalue weighted by atomic mass is 9.89. The van der Waals surface area contributed by atoms with Crippen LogP contribution in [-0.2, 0) is 17.6 Å². The molecule has 1 unspecified atom stereocenters. The molecular weight excluding hydrogens is 390 g/mol. The van der Waals surface area contributed by atoms with Gasteiger partial charge in [0.2, 0.25) is 0 Å². The first-order valence-electron chi connectivity index (χ1n) is 10.9. The molecule has 1 aromatic heterocycles. The molecule has 31 heavy (non-hydrogen) atoms. The summed E-state index contributed by atoms with van der Waals surface area (Å²) in [7, 11) is 0. The minimum Gasteiger partial charge on any atom is -0.488 e. The number of amides is 1. The second kappa shape index (κ2) is 8.58. The van der Waals surface area contributed by atoms with Crippen LogP contribution in [0.2, 0.25) is 0 Å². The summed E-state index contributed by atoms with van der Waals surface area (Å²) in [6.45, 7) is 7.08. The van der Waals surface area contributed by atoms with E-state index in [0.717, 1.165) is 41.8 Å². The van der Waals surface area contributed by atoms with Crippen LogP contribution in [0.1, 0.15) is 44.7 Å². The summed E-state index contributed by atoms with van der Waals surface area (Å²) in [4.78, 5) is 18.7. The Morgan fingerprint density at radius 3 is 2.61 bits per heavy atom. The summed E-state index contributed by atoms with van der Waals surface area (Å²) in [6, 6.07) is 12.3. The fraction of sp³-hybridized carbons (Fsp3) is 0.480. The van der Waals surface area contributed by atoms with Crippen molar-refractivity contribution in [2.45, 2.75) is 58.2 Å². The average Bonchev–Trinajstić information content (AvgIpc) is 3.17. The highest BCUT2D eigenvalue weighted by molar-refractivity contribution is 5.68. The molecule has 0 saturated carbocycles. The first kappa shape index (κ1) is 21.2. The largest absolute Gasteiger partial charge is 0.488 e. The number of ether oxygens (including phenoxy) is 2. The van der Waals surface area contributed by atoms with E-state index in [0.29, 0.717) is 25.4 Å². The van der Waals surface area contributed by atoms with Crippen LogP contribution in [0.4, 0.5) is 4.79 Å². The van der Waals surface area contributed by atoms with Crippen molar-refractivity contribution < 1.29 is 14.3 Å². The number of carbonyl (C=O) groups excluding carboxylic acids is 1. The quantitative estimate of drug-likeness (QED) is 0.717. The molecule has 0 bridgehead atoms. The topological polar surface area (TPSA) is 75.5 Å². The van der Waals surface area contributed by atoms with Crippen molar-refractivity contribution in [2.24, 2.45) is 5.92 Å². The van der Waals surface area contributed by atoms with Gasteiger partial charge >= 0.3 is 6.09 Å². The molecule has 1 fully saturated rings. The van der Waals surface area contributed by atoms with Crippen LogP contribution in [0, 0.1) is 17.2 Å². The molecule has 162 valence electrons. The Labute approximate surface area is 183 Å². The Bertz CT molecular complexity index is 981. The normalized spacial score (nSPS) is 18.8. The summed E-state index contributed by atoms with van der Waals surface area (Å²) in [5.74, 6) is 1.28. The molecule has 6 heteroatoms. The van der Waals surface area contributed by atoms with Gasteiger partial charge < -0.3 is 14.4 Å². The van der Waals surface area contributed by atoms with E-state index in [4.69, 9.17) is 14.7 Å². The highest BCUT2D eigenvalue weighted by Crippen LogP contribution is 2.36. The van der Waals surface area contributed by atoms with Crippen LogP contribution >= 0.6 is 0 Å². The predicted octanol–water partition coefficient (Wildman–Crippen LogP) is 4.77. The third kappa shape index (κ3) is 4.99. The molecule has 2 aliphatic heterocycles. The number of carbonyl (C=O) groups is 1. The lowest BCUT2D eigenvalue weighted by Crippen LogP contribution is -2.44. The number of pyridine rings is 1. The maximum absolute atomic E-state index is 12.3. The van der Waals surface area contributed by atoms with Gasteiger partial charge in [-0.1, -0.05) is 24.3 Å². The lowest BCUT2D eigenvalue weighted by Gasteiger charge is -2.35. The third-order valence-corrected chi connectivity index (χ3v) is 5.90. The Morgan fingerprint density at radius 1 is 1.26 bits per heavy atom. The van der Waals surface area contributed by atoms with Crippen molar-refractivity contribution in [1.82, 2.24) is 9.88 Å². The van der Waals surface area contributed by atoms with Crippen molar-refractivity contribution in [1.29, 1.82) is 5.26 Å². The molecule has 1 aromatic carbocycles. The number of nitriles is 1. The summed E-state index contributed by atoms with van der Waals surface area (Å²) in [5, 5.41) is 8.83. The van der Waals surface area contributed by atoms with Crippen molar-refractivity contribution in [3.63, 3.8) is 0 Å². The van der Waals surface area contributed by atoms with Gasteiger partial charge in [0.25, 0.3) is 0 Å². The summed E-state index contributed by atoms with van der Waals surface area (Å²) in [6.07, 6.45) is 4.84. The van der Waals surface area contributed by atoms with Crippen LogP contribution < -0.4 is 4.74 Å². The van der Waals surface area contributed by atoms with Gasteiger partial charge in [-0.3, -0.25) is 4.98 Å². The molecule has 0 spiro atoms. The van der Waals surface area contributed by atoms with Gasteiger partial charge in [0, 0.05) is 30.6 Å². The van der Waals surface area contributed by atoms with Gasteiger partial charge in [-0.25, -0.2) is 4.79 Å². The van der Waals surface area contributed by atoms with Gasteiger partial charge in [-0.05, 0) is 51.2 Å². The van der Waals surface area contributed by atoms with E-state index in [2.05, 4.69) is 17.1 Å². The predicted molar refractivity (Wildman–Crippen MR) is 118 cm³/mol. The molecule has 0 radical (unpaired) electrons. The minimum absolute atomic E-state index is 0.130. The maximum Gasteiger partial charge on any atom is 0.410 e. The molecular formula is C25H29N3O3. The van der Waals surface area contributed by atoms with Crippen LogP contribution in [0.3, 0.4) is 0 Å². The zero-order chi connectivity index (χ0) is 22.0. The van der Waals surface area contributed by atoms with Crippen molar-refractivity contribution in [2.75, 3.05) is 13.1 Å². The van der Waals surface area contributed by atoms with E-state index < -0.39 is 5.60 Å². The van der Waals surface area contributed by atoms with E-state index in [-0.39, 0.29) is 12.2 Å². The van der Waals surface area contributed by atoms with Crippen LogP contribution in [0.15, 0.2) is 36.5 Å². The fourth-order valence-corrected chi connectivity index (χ4v) is 4.26. The van der Waals surface area contributed by atoms with E-state index in [1.165, 1.54) is 5.56 Å². The molecule has 0 N–H and O–H groups in total. The van der Waals surface area contributed by atoms with E-state index in [9.17, 15) is 4.79 Å². The van der Waals surface area contributed by atoms with Gasteiger partial charge in [0.1, 0.15) is 17.5 Å². The Balaban J connectivity index is 1.36. The zero-order valence-electron chi connectivity index (χ0n) is 18.4. The smallest absolute Gasteiger partial charge is 0.410 e. The van der Waals surface area contributed by atoms with Crippen LogP contribution in [0.5, 0.6) is 5.75 Å². The van der Waals surface area contributed by atoms with Crippen molar-refractivity contribution >= 4 is 6.09 Å². The van der Waals surface area contributed by atoms with Crippen molar-refractivity contribution in [3.8, 4) is 23.1 Å². The lowest BCUT2D eigenvalue weighted by molar-refractivity contribution is 0.0123. The highest BCUT2D eigenvalue weighted by Gasteiger charge is 2.35. The van der Waals surface area contributed by atoms with Gasteiger partial charge in [0.05, 0.1) is 24.4 Å². The SMILES string of the molecule is CC(C)(C)OC(=O)N1CCC(C2Cc3cc(-c4ccc(CC#N)cc4)ncc3O2)CC1. The number of hydrogen-bond acceptors (Lipinski definition) is 5. The third-order valence-electron chi connectivity index (χ3n) is 5.90. The highest BCUT2D eigenvalue weighted by atomic mass is 16.6. The van der Waals surface area contributed by atoms with Gasteiger partial charge in [0.15, 0.2) is 0 Å². The molecule has 1 saturated heterocycles. The number of likely N-dealkylation sites (tertiary alicyclic amines) is 1. The number of nitrogens with zero attached hydrogens (tertiary/aromatic N) is 3. The summed E-state index contributed by atoms with van der Waals surface area (Å²) in [5.41, 5.74) is 3.69. The monoisotopic (exact) mass is 419 g/mol. The van der Waals surface area contributed by atoms with Crippen LogP contribution in [0.25, 0.3) is 11.3 Å². The molecule has 2 aliphatic rings. The molecule has 3 heterocycles. The molecule has 4 rings (SSSR count). The number of aromatic nitrogens is 1. The molecule has 1 amide bonds. The number of fused-ring (bicyclic) bond motifs is 1.